The highest BCUT2D eigenvalue weighted by Crippen LogP contribution is 2.22. The zero-order chi connectivity index (χ0) is 25.2. The SMILES string of the molecule is CCCNC(=O)C(Cc1ccccc1)N(Cc1ccccc1C)C(=O)Cc1ccccc1[N+](=O)[O-]. The minimum atomic E-state index is -0.765. The Kier molecular flexibility index (Phi) is 9.12. The van der Waals surface area contributed by atoms with Gasteiger partial charge in [-0.25, -0.2) is 0 Å². The zero-order valence-electron chi connectivity index (χ0n) is 20.1. The highest BCUT2D eigenvalue weighted by Gasteiger charge is 2.31. The molecule has 0 aliphatic heterocycles. The maximum atomic E-state index is 13.7. The van der Waals surface area contributed by atoms with Crippen LogP contribution in [0.5, 0.6) is 0 Å². The number of para-hydroxylation sites is 1. The number of benzene rings is 3. The number of aryl methyl sites for hydroxylation is 1. The van der Waals surface area contributed by atoms with Gasteiger partial charge in [0.25, 0.3) is 5.69 Å². The van der Waals surface area contributed by atoms with Crippen LogP contribution < -0.4 is 5.32 Å². The largest absolute Gasteiger partial charge is 0.354 e. The van der Waals surface area contributed by atoms with E-state index in [-0.39, 0.29) is 30.5 Å². The normalized spacial score (nSPS) is 11.5. The first-order valence-corrected chi connectivity index (χ1v) is 11.8. The summed E-state index contributed by atoms with van der Waals surface area (Å²) in [5.74, 6) is -0.574. The van der Waals surface area contributed by atoms with E-state index < -0.39 is 11.0 Å². The van der Waals surface area contributed by atoms with E-state index >= 15 is 0 Å². The van der Waals surface area contributed by atoms with Crippen LogP contribution in [0.2, 0.25) is 0 Å². The number of rotatable bonds is 11. The number of nitrogens with one attached hydrogen (secondary N) is 1. The molecule has 0 saturated carbocycles. The summed E-state index contributed by atoms with van der Waals surface area (Å²) >= 11 is 0. The van der Waals surface area contributed by atoms with Crippen LogP contribution in [0.1, 0.15) is 35.6 Å². The van der Waals surface area contributed by atoms with Crippen LogP contribution >= 0.6 is 0 Å². The molecular formula is C28H31N3O4. The highest BCUT2D eigenvalue weighted by molar-refractivity contribution is 5.89. The third-order valence-electron chi connectivity index (χ3n) is 5.95. The van der Waals surface area contributed by atoms with Gasteiger partial charge in [0.1, 0.15) is 6.04 Å². The molecule has 0 aromatic heterocycles. The average molecular weight is 474 g/mol. The smallest absolute Gasteiger partial charge is 0.273 e. The van der Waals surface area contributed by atoms with Gasteiger partial charge >= 0.3 is 0 Å². The maximum Gasteiger partial charge on any atom is 0.273 e. The van der Waals surface area contributed by atoms with Crippen molar-refractivity contribution in [2.75, 3.05) is 6.54 Å². The molecule has 7 nitrogen and oxygen atoms in total. The van der Waals surface area contributed by atoms with E-state index in [0.717, 1.165) is 23.1 Å². The molecular weight excluding hydrogens is 442 g/mol. The topological polar surface area (TPSA) is 92.6 Å². The van der Waals surface area contributed by atoms with Crippen molar-refractivity contribution < 1.29 is 14.5 Å². The molecule has 1 N–H and O–H groups in total. The summed E-state index contributed by atoms with van der Waals surface area (Å²) in [6, 6.07) is 22.8. The molecule has 0 radical (unpaired) electrons. The van der Waals surface area contributed by atoms with Crippen molar-refractivity contribution in [2.45, 2.75) is 45.7 Å². The van der Waals surface area contributed by atoms with Crippen LogP contribution in [-0.4, -0.2) is 34.2 Å². The fraction of sp³-hybridized carbons (Fsp3) is 0.286. The number of carbonyl (C=O) groups excluding carboxylic acids is 2. The third kappa shape index (κ3) is 6.99. The third-order valence-corrected chi connectivity index (χ3v) is 5.95. The standard InChI is InChI=1S/C28H31N3O4/c1-3-17-29-28(33)26(18-22-12-5-4-6-13-22)30(20-24-15-8-7-11-21(24)2)27(32)19-23-14-9-10-16-25(23)31(34)35/h4-16,26H,3,17-20H2,1-2H3,(H,29,33). The molecule has 0 saturated heterocycles. The molecule has 1 unspecified atom stereocenters. The second-order valence-electron chi connectivity index (χ2n) is 8.51. The summed E-state index contributed by atoms with van der Waals surface area (Å²) in [6.07, 6.45) is 0.937. The number of hydrogen-bond donors (Lipinski definition) is 1. The van der Waals surface area contributed by atoms with E-state index in [1.165, 1.54) is 6.07 Å². The van der Waals surface area contributed by atoms with Crippen molar-refractivity contribution in [1.82, 2.24) is 10.2 Å². The van der Waals surface area contributed by atoms with Gasteiger partial charge in [-0.05, 0) is 30.0 Å². The van der Waals surface area contributed by atoms with E-state index in [4.69, 9.17) is 0 Å². The van der Waals surface area contributed by atoms with Gasteiger partial charge in [-0.2, -0.15) is 0 Å². The Morgan fingerprint density at radius 1 is 0.943 bits per heavy atom. The minimum absolute atomic E-state index is 0.105. The summed E-state index contributed by atoms with van der Waals surface area (Å²) in [4.78, 5) is 39.7. The van der Waals surface area contributed by atoms with Gasteiger partial charge < -0.3 is 10.2 Å². The van der Waals surface area contributed by atoms with Crippen LogP contribution in [0, 0.1) is 17.0 Å². The number of amides is 2. The van der Waals surface area contributed by atoms with E-state index in [9.17, 15) is 19.7 Å². The second kappa shape index (κ2) is 12.5. The zero-order valence-corrected chi connectivity index (χ0v) is 20.1. The van der Waals surface area contributed by atoms with Gasteiger partial charge in [0.15, 0.2) is 0 Å². The van der Waals surface area contributed by atoms with Crippen molar-refractivity contribution in [1.29, 1.82) is 0 Å². The van der Waals surface area contributed by atoms with Gasteiger partial charge in [0, 0.05) is 31.1 Å². The minimum Gasteiger partial charge on any atom is -0.354 e. The predicted molar refractivity (Wildman–Crippen MR) is 136 cm³/mol. The number of nitrogens with zero attached hydrogens (tertiary/aromatic N) is 2. The molecule has 7 heteroatoms. The van der Waals surface area contributed by atoms with Gasteiger partial charge in [0.2, 0.25) is 11.8 Å². The van der Waals surface area contributed by atoms with Gasteiger partial charge in [0.05, 0.1) is 11.3 Å². The monoisotopic (exact) mass is 473 g/mol. The molecule has 2 amide bonds. The number of nitro groups is 1. The van der Waals surface area contributed by atoms with E-state index in [2.05, 4.69) is 5.32 Å². The number of hydrogen-bond acceptors (Lipinski definition) is 4. The average Bonchev–Trinajstić information content (AvgIpc) is 2.86. The van der Waals surface area contributed by atoms with Crippen LogP contribution in [-0.2, 0) is 29.0 Å². The Hall–Kier alpha value is -4.00. The molecule has 0 aliphatic rings. The van der Waals surface area contributed by atoms with Crippen molar-refractivity contribution in [3.05, 3.63) is 111 Å². The molecule has 35 heavy (non-hydrogen) atoms. The molecule has 3 rings (SSSR count). The van der Waals surface area contributed by atoms with Crippen LogP contribution in [0.4, 0.5) is 5.69 Å². The lowest BCUT2D eigenvalue weighted by Crippen LogP contribution is -2.51. The van der Waals surface area contributed by atoms with Crippen molar-refractivity contribution in [3.8, 4) is 0 Å². The van der Waals surface area contributed by atoms with E-state index in [1.807, 2.05) is 68.4 Å². The van der Waals surface area contributed by atoms with Crippen molar-refractivity contribution in [2.24, 2.45) is 0 Å². The van der Waals surface area contributed by atoms with Crippen LogP contribution in [0.3, 0.4) is 0 Å². The Bertz CT molecular complexity index is 1160. The summed E-state index contributed by atoms with van der Waals surface area (Å²) in [5.41, 5.74) is 3.07. The second-order valence-corrected chi connectivity index (χ2v) is 8.51. The Labute approximate surface area is 205 Å². The van der Waals surface area contributed by atoms with Crippen molar-refractivity contribution >= 4 is 17.5 Å². The predicted octanol–water partition coefficient (Wildman–Crippen LogP) is 4.61. The fourth-order valence-corrected chi connectivity index (χ4v) is 3.99. The Balaban J connectivity index is 2.01. The van der Waals surface area contributed by atoms with E-state index in [1.54, 1.807) is 23.1 Å². The van der Waals surface area contributed by atoms with Gasteiger partial charge in [-0.1, -0.05) is 79.7 Å². The van der Waals surface area contributed by atoms with Crippen LogP contribution in [0.25, 0.3) is 0 Å². The summed E-state index contributed by atoms with van der Waals surface area (Å²) < 4.78 is 0. The Morgan fingerprint density at radius 3 is 2.23 bits per heavy atom. The lowest BCUT2D eigenvalue weighted by molar-refractivity contribution is -0.385. The van der Waals surface area contributed by atoms with E-state index in [0.29, 0.717) is 18.5 Å². The lowest BCUT2D eigenvalue weighted by atomic mass is 10.00. The summed E-state index contributed by atoms with van der Waals surface area (Å²) in [7, 11) is 0. The molecule has 0 heterocycles. The highest BCUT2D eigenvalue weighted by atomic mass is 16.6. The molecule has 3 aromatic carbocycles. The fourth-order valence-electron chi connectivity index (χ4n) is 3.99. The van der Waals surface area contributed by atoms with Gasteiger partial charge in [-0.3, -0.25) is 19.7 Å². The quantitative estimate of drug-likeness (QED) is 0.325. The lowest BCUT2D eigenvalue weighted by Gasteiger charge is -2.32. The molecule has 0 aliphatic carbocycles. The first kappa shape index (κ1) is 25.6. The Morgan fingerprint density at radius 2 is 1.57 bits per heavy atom. The number of carbonyl (C=O) groups is 2. The molecule has 0 spiro atoms. The molecule has 1 atom stereocenters. The molecule has 0 fully saturated rings. The molecule has 0 bridgehead atoms. The molecule has 3 aromatic rings. The number of nitro benzene ring substituents is 1. The maximum absolute atomic E-state index is 13.7. The van der Waals surface area contributed by atoms with Gasteiger partial charge in [-0.15, -0.1) is 0 Å². The van der Waals surface area contributed by atoms with Crippen LogP contribution in [0.15, 0.2) is 78.9 Å². The summed E-state index contributed by atoms with van der Waals surface area (Å²) in [5, 5.41) is 14.5. The first-order valence-electron chi connectivity index (χ1n) is 11.8. The molecule has 182 valence electrons. The summed E-state index contributed by atoms with van der Waals surface area (Å²) in [6.45, 7) is 4.66. The first-order chi connectivity index (χ1) is 16.9. The van der Waals surface area contributed by atoms with Crippen molar-refractivity contribution in [3.63, 3.8) is 0 Å².